The highest BCUT2D eigenvalue weighted by Crippen LogP contribution is 2.34. The number of hydrogen-bond acceptors (Lipinski definition) is 6. The molecule has 0 bridgehead atoms. The Morgan fingerprint density at radius 3 is 2.63 bits per heavy atom. The van der Waals surface area contributed by atoms with Crippen LogP contribution < -0.4 is 4.90 Å². The Bertz CT molecular complexity index is 1180. The van der Waals surface area contributed by atoms with Crippen molar-refractivity contribution in [3.63, 3.8) is 0 Å². The molecule has 6 nitrogen and oxygen atoms in total. The van der Waals surface area contributed by atoms with Gasteiger partial charge in [-0.25, -0.2) is 13.4 Å². The number of amides is 1. The summed E-state index contributed by atoms with van der Waals surface area (Å²) in [5.74, 6) is -0.139. The molecule has 30 heavy (non-hydrogen) atoms. The zero-order valence-corrected chi connectivity index (χ0v) is 18.7. The molecule has 4 heterocycles. The molecule has 2 aliphatic heterocycles. The number of thiazole rings is 1. The van der Waals surface area contributed by atoms with Gasteiger partial charge in [-0.15, -0.1) is 22.7 Å². The van der Waals surface area contributed by atoms with Crippen LogP contribution in [-0.2, 0) is 16.4 Å². The van der Waals surface area contributed by atoms with Crippen LogP contribution in [0.1, 0.15) is 35.3 Å². The van der Waals surface area contributed by atoms with Crippen molar-refractivity contribution in [2.45, 2.75) is 30.6 Å². The molecule has 3 aromatic rings. The third kappa shape index (κ3) is 3.49. The Morgan fingerprint density at radius 1 is 1.03 bits per heavy atom. The smallest absolute Gasteiger partial charge is 0.277 e. The second kappa shape index (κ2) is 7.88. The van der Waals surface area contributed by atoms with Crippen LogP contribution in [-0.4, -0.2) is 43.2 Å². The molecular formula is C21H21N3O3S3. The second-order valence-electron chi connectivity index (χ2n) is 7.48. The minimum Gasteiger partial charge on any atom is -0.306 e. The Hall–Kier alpha value is -2.07. The van der Waals surface area contributed by atoms with Crippen molar-refractivity contribution in [3.8, 4) is 9.88 Å². The molecule has 1 fully saturated rings. The molecule has 0 radical (unpaired) electrons. The standard InChI is InChI=1S/C21H21N3O3S3/c25-21(17-14-29-20(22-17)19-5-4-12-28-19)24-11-8-15-13-16(6-7-18(15)24)30(26,27)23-9-2-1-3-10-23/h4-7,12-14H,1-3,8-11H2. The molecule has 5 rings (SSSR count). The van der Waals surface area contributed by atoms with Crippen molar-refractivity contribution in [3.05, 3.63) is 52.3 Å². The first-order valence-corrected chi connectivity index (χ1v) is 13.2. The molecule has 156 valence electrons. The summed E-state index contributed by atoms with van der Waals surface area (Å²) in [6, 6.07) is 9.10. The maximum Gasteiger partial charge on any atom is 0.277 e. The summed E-state index contributed by atoms with van der Waals surface area (Å²) in [5.41, 5.74) is 2.11. The number of fused-ring (bicyclic) bond motifs is 1. The fourth-order valence-electron chi connectivity index (χ4n) is 4.03. The molecular weight excluding hydrogens is 438 g/mol. The number of carbonyl (C=O) groups excluding carboxylic acids is 1. The van der Waals surface area contributed by atoms with E-state index in [-0.39, 0.29) is 5.91 Å². The molecule has 9 heteroatoms. The van der Waals surface area contributed by atoms with Crippen molar-refractivity contribution in [2.75, 3.05) is 24.5 Å². The number of piperidine rings is 1. The van der Waals surface area contributed by atoms with Gasteiger partial charge in [0, 0.05) is 30.7 Å². The molecule has 2 aromatic heterocycles. The van der Waals surface area contributed by atoms with Gasteiger partial charge in [0.1, 0.15) is 10.7 Å². The predicted molar refractivity (Wildman–Crippen MR) is 120 cm³/mol. The van der Waals surface area contributed by atoms with E-state index >= 15 is 0 Å². The number of rotatable bonds is 4. The summed E-state index contributed by atoms with van der Waals surface area (Å²) in [7, 11) is -3.47. The maximum atomic E-state index is 13.1. The van der Waals surface area contributed by atoms with Crippen LogP contribution in [0.15, 0.2) is 46.0 Å². The minimum atomic E-state index is -3.47. The van der Waals surface area contributed by atoms with Crippen molar-refractivity contribution in [2.24, 2.45) is 0 Å². The molecule has 0 spiro atoms. The van der Waals surface area contributed by atoms with Crippen LogP contribution in [0.4, 0.5) is 5.69 Å². The molecule has 1 saturated heterocycles. The van der Waals surface area contributed by atoms with Gasteiger partial charge < -0.3 is 4.90 Å². The largest absolute Gasteiger partial charge is 0.306 e. The van der Waals surface area contributed by atoms with Crippen molar-refractivity contribution in [1.29, 1.82) is 0 Å². The number of benzene rings is 1. The van der Waals surface area contributed by atoms with E-state index in [0.717, 1.165) is 40.4 Å². The third-order valence-corrected chi connectivity index (χ3v) is 9.38. The van der Waals surface area contributed by atoms with Crippen molar-refractivity contribution < 1.29 is 13.2 Å². The molecule has 0 atom stereocenters. The SMILES string of the molecule is O=C(c1csc(-c2cccs2)n1)N1CCc2cc(S(=O)(=O)N3CCCCC3)ccc21. The lowest BCUT2D eigenvalue weighted by Gasteiger charge is -2.26. The molecule has 0 unspecified atom stereocenters. The van der Waals surface area contributed by atoms with Gasteiger partial charge in [0.05, 0.1) is 9.77 Å². The number of thiophene rings is 1. The molecule has 0 N–H and O–H groups in total. The number of anilines is 1. The first-order valence-electron chi connectivity index (χ1n) is 9.98. The third-order valence-electron chi connectivity index (χ3n) is 5.60. The number of nitrogens with zero attached hydrogens (tertiary/aromatic N) is 3. The van der Waals surface area contributed by atoms with Crippen molar-refractivity contribution >= 4 is 44.3 Å². The quantitative estimate of drug-likeness (QED) is 0.585. The van der Waals surface area contributed by atoms with Gasteiger partial charge in [-0.1, -0.05) is 12.5 Å². The average molecular weight is 460 g/mol. The lowest BCUT2D eigenvalue weighted by atomic mass is 10.2. The van der Waals surface area contributed by atoms with Gasteiger partial charge in [-0.2, -0.15) is 4.31 Å². The number of aromatic nitrogens is 1. The van der Waals surface area contributed by atoms with Crippen LogP contribution >= 0.6 is 22.7 Å². The second-order valence-corrected chi connectivity index (χ2v) is 11.2. The number of carbonyl (C=O) groups is 1. The summed E-state index contributed by atoms with van der Waals surface area (Å²) >= 11 is 3.06. The molecule has 2 aliphatic rings. The Morgan fingerprint density at radius 2 is 1.87 bits per heavy atom. The highest BCUT2D eigenvalue weighted by atomic mass is 32.2. The predicted octanol–water partition coefficient (Wildman–Crippen LogP) is 4.25. The lowest BCUT2D eigenvalue weighted by molar-refractivity contribution is 0.0985. The normalized spacial score (nSPS) is 17.3. The Labute approximate surface area is 183 Å². The Balaban J connectivity index is 1.39. The van der Waals surface area contributed by atoms with Gasteiger partial charge in [-0.3, -0.25) is 4.79 Å². The van der Waals surface area contributed by atoms with Crippen LogP contribution in [0.3, 0.4) is 0 Å². The van der Waals surface area contributed by atoms with E-state index < -0.39 is 10.0 Å². The van der Waals surface area contributed by atoms with E-state index in [1.807, 2.05) is 17.5 Å². The zero-order valence-electron chi connectivity index (χ0n) is 16.3. The van der Waals surface area contributed by atoms with E-state index in [9.17, 15) is 13.2 Å². The topological polar surface area (TPSA) is 70.6 Å². The van der Waals surface area contributed by atoms with E-state index in [1.165, 1.54) is 11.3 Å². The van der Waals surface area contributed by atoms with Crippen molar-refractivity contribution in [1.82, 2.24) is 9.29 Å². The van der Waals surface area contributed by atoms with Crippen LogP contribution in [0, 0.1) is 0 Å². The van der Waals surface area contributed by atoms with Gasteiger partial charge in [0.2, 0.25) is 10.0 Å². The number of hydrogen-bond donors (Lipinski definition) is 0. The van der Waals surface area contributed by atoms with E-state index in [1.54, 1.807) is 44.1 Å². The fraction of sp³-hybridized carbons (Fsp3) is 0.333. The molecule has 0 aliphatic carbocycles. The highest BCUT2D eigenvalue weighted by molar-refractivity contribution is 7.89. The van der Waals surface area contributed by atoms with E-state index in [0.29, 0.717) is 36.6 Å². The zero-order chi connectivity index (χ0) is 20.7. The first-order chi connectivity index (χ1) is 14.5. The summed E-state index contributed by atoms with van der Waals surface area (Å²) in [6.45, 7) is 1.70. The Kier molecular flexibility index (Phi) is 5.22. The molecule has 1 amide bonds. The summed E-state index contributed by atoms with van der Waals surface area (Å²) in [6.07, 6.45) is 3.55. The first kappa shape index (κ1) is 19.9. The monoisotopic (exact) mass is 459 g/mol. The van der Waals surface area contributed by atoms with Gasteiger partial charge in [0.25, 0.3) is 5.91 Å². The summed E-state index contributed by atoms with van der Waals surface area (Å²) < 4.78 is 27.5. The summed E-state index contributed by atoms with van der Waals surface area (Å²) in [5, 5.41) is 4.63. The molecule has 1 aromatic carbocycles. The van der Waals surface area contributed by atoms with Crippen LogP contribution in [0.2, 0.25) is 0 Å². The average Bonchev–Trinajstić information content (AvgIpc) is 3.53. The highest BCUT2D eigenvalue weighted by Gasteiger charge is 2.31. The molecule has 0 saturated carbocycles. The van der Waals surface area contributed by atoms with Crippen LogP contribution in [0.5, 0.6) is 0 Å². The van der Waals surface area contributed by atoms with Gasteiger partial charge >= 0.3 is 0 Å². The fourth-order valence-corrected chi connectivity index (χ4v) is 7.20. The lowest BCUT2D eigenvalue weighted by Crippen LogP contribution is -2.35. The van der Waals surface area contributed by atoms with Crippen LogP contribution in [0.25, 0.3) is 9.88 Å². The number of sulfonamides is 1. The van der Waals surface area contributed by atoms with Gasteiger partial charge in [0.15, 0.2) is 0 Å². The van der Waals surface area contributed by atoms with Gasteiger partial charge in [-0.05, 0) is 54.5 Å². The summed E-state index contributed by atoms with van der Waals surface area (Å²) in [4.78, 5) is 20.7. The van der Waals surface area contributed by atoms with E-state index in [4.69, 9.17) is 0 Å². The van der Waals surface area contributed by atoms with E-state index in [2.05, 4.69) is 4.98 Å². The minimum absolute atomic E-state index is 0.139. The maximum absolute atomic E-state index is 13.1.